The number of pyridine rings is 1. The summed E-state index contributed by atoms with van der Waals surface area (Å²) in [6, 6.07) is 5.70. The predicted molar refractivity (Wildman–Crippen MR) is 90.7 cm³/mol. The lowest BCUT2D eigenvalue weighted by atomic mass is 9.91. The van der Waals surface area contributed by atoms with E-state index >= 15 is 0 Å². The number of hydrogen-bond acceptors (Lipinski definition) is 6. The molecule has 0 radical (unpaired) electrons. The fraction of sp³-hybridized carbons (Fsp3) is 0.353. The number of nitrogens with zero attached hydrogens (tertiary/aromatic N) is 5. The Labute approximate surface area is 138 Å². The highest BCUT2D eigenvalue weighted by Crippen LogP contribution is 2.29. The van der Waals surface area contributed by atoms with Gasteiger partial charge in [0.05, 0.1) is 17.8 Å². The van der Waals surface area contributed by atoms with Crippen molar-refractivity contribution in [1.29, 1.82) is 0 Å². The zero-order valence-electron chi connectivity index (χ0n) is 13.2. The molecule has 3 aromatic heterocycles. The Hall–Kier alpha value is -2.83. The third-order valence-electron chi connectivity index (χ3n) is 4.56. The average molecular weight is 322 g/mol. The number of hydrogen-bond donors (Lipinski definition) is 1. The van der Waals surface area contributed by atoms with Crippen LogP contribution in [-0.2, 0) is 0 Å². The third-order valence-corrected chi connectivity index (χ3v) is 4.56. The van der Waals surface area contributed by atoms with Gasteiger partial charge in [0, 0.05) is 29.9 Å². The topological polar surface area (TPSA) is 85.6 Å². The van der Waals surface area contributed by atoms with E-state index in [2.05, 4.69) is 25.4 Å². The Balaban J connectivity index is 1.47. The van der Waals surface area contributed by atoms with Gasteiger partial charge in [-0.05, 0) is 37.8 Å². The van der Waals surface area contributed by atoms with Crippen molar-refractivity contribution in [2.45, 2.75) is 37.8 Å². The highest BCUT2D eigenvalue weighted by molar-refractivity contribution is 5.87. The van der Waals surface area contributed by atoms with Gasteiger partial charge in [-0.1, -0.05) is 0 Å². The summed E-state index contributed by atoms with van der Waals surface area (Å²) in [5.41, 5.74) is 0.812. The highest BCUT2D eigenvalue weighted by Gasteiger charge is 2.24. The van der Waals surface area contributed by atoms with Crippen LogP contribution in [-0.4, -0.2) is 30.8 Å². The van der Waals surface area contributed by atoms with Gasteiger partial charge in [-0.15, -0.1) is 0 Å². The standard InChI is InChI=1S/C17H18N6O/c24-16-2-1-8-21-23(16)13-5-3-12(4-6-13)22-17-14-7-9-18-10-15(14)19-11-20-17/h1-2,7-13H,3-6H2,(H,19,20,22). The van der Waals surface area contributed by atoms with E-state index in [9.17, 15) is 4.79 Å². The van der Waals surface area contributed by atoms with Gasteiger partial charge in [-0.3, -0.25) is 9.78 Å². The molecule has 122 valence electrons. The summed E-state index contributed by atoms with van der Waals surface area (Å²) < 4.78 is 1.61. The smallest absolute Gasteiger partial charge is 0.266 e. The van der Waals surface area contributed by atoms with Crippen LogP contribution in [0.2, 0.25) is 0 Å². The van der Waals surface area contributed by atoms with Crippen LogP contribution in [0.4, 0.5) is 5.82 Å². The molecule has 1 aliphatic carbocycles. The van der Waals surface area contributed by atoms with Crippen molar-refractivity contribution in [3.8, 4) is 0 Å². The van der Waals surface area contributed by atoms with E-state index in [1.807, 2.05) is 6.07 Å². The number of nitrogens with one attached hydrogen (secondary N) is 1. The van der Waals surface area contributed by atoms with Crippen molar-refractivity contribution in [3.63, 3.8) is 0 Å². The van der Waals surface area contributed by atoms with Crippen molar-refractivity contribution in [1.82, 2.24) is 24.7 Å². The number of aromatic nitrogens is 5. The SMILES string of the molecule is O=c1cccnn1C1CCC(Nc2ncnc3cnccc23)CC1. The Kier molecular flexibility index (Phi) is 3.90. The second kappa shape index (κ2) is 6.35. The number of fused-ring (bicyclic) bond motifs is 1. The van der Waals surface area contributed by atoms with E-state index in [1.54, 1.807) is 41.7 Å². The van der Waals surface area contributed by atoms with E-state index in [4.69, 9.17) is 0 Å². The second-order valence-electron chi connectivity index (χ2n) is 6.07. The first-order valence-corrected chi connectivity index (χ1v) is 8.16. The molecule has 0 aromatic carbocycles. The Bertz CT molecular complexity index is 895. The van der Waals surface area contributed by atoms with Crippen LogP contribution < -0.4 is 10.9 Å². The third kappa shape index (κ3) is 2.84. The van der Waals surface area contributed by atoms with Crippen LogP contribution in [0.1, 0.15) is 31.7 Å². The van der Waals surface area contributed by atoms with Gasteiger partial charge in [-0.25, -0.2) is 14.6 Å². The molecule has 1 aliphatic rings. The maximum absolute atomic E-state index is 11.9. The molecule has 24 heavy (non-hydrogen) atoms. The van der Waals surface area contributed by atoms with E-state index < -0.39 is 0 Å². The maximum Gasteiger partial charge on any atom is 0.266 e. The number of rotatable bonds is 3. The molecule has 0 aliphatic heterocycles. The largest absolute Gasteiger partial charge is 0.367 e. The molecule has 7 nitrogen and oxygen atoms in total. The van der Waals surface area contributed by atoms with Gasteiger partial charge in [0.15, 0.2) is 0 Å². The summed E-state index contributed by atoms with van der Waals surface area (Å²) in [5, 5.41) is 8.71. The minimum absolute atomic E-state index is 0.0248. The Morgan fingerprint density at radius 1 is 1.08 bits per heavy atom. The lowest BCUT2D eigenvalue weighted by Gasteiger charge is -2.29. The summed E-state index contributed by atoms with van der Waals surface area (Å²) in [7, 11) is 0. The molecule has 1 fully saturated rings. The monoisotopic (exact) mass is 322 g/mol. The molecular formula is C17H18N6O. The second-order valence-corrected chi connectivity index (χ2v) is 6.07. The van der Waals surface area contributed by atoms with E-state index in [0.717, 1.165) is 42.4 Å². The lowest BCUT2D eigenvalue weighted by Crippen LogP contribution is -2.33. The van der Waals surface area contributed by atoms with Crippen molar-refractivity contribution in [2.75, 3.05) is 5.32 Å². The highest BCUT2D eigenvalue weighted by atomic mass is 16.1. The minimum atomic E-state index is -0.0248. The van der Waals surface area contributed by atoms with Gasteiger partial charge >= 0.3 is 0 Å². The molecule has 7 heteroatoms. The molecule has 4 rings (SSSR count). The lowest BCUT2D eigenvalue weighted by molar-refractivity contribution is 0.303. The first-order chi connectivity index (χ1) is 11.8. The Morgan fingerprint density at radius 2 is 1.96 bits per heavy atom. The molecule has 0 spiro atoms. The average Bonchev–Trinajstić information content (AvgIpc) is 2.63. The predicted octanol–water partition coefficient (Wildman–Crippen LogP) is 2.18. The van der Waals surface area contributed by atoms with Crippen molar-refractivity contribution >= 4 is 16.7 Å². The summed E-state index contributed by atoms with van der Waals surface area (Å²) >= 11 is 0. The van der Waals surface area contributed by atoms with Crippen LogP contribution in [0.5, 0.6) is 0 Å². The van der Waals surface area contributed by atoms with Crippen LogP contribution in [0.3, 0.4) is 0 Å². The minimum Gasteiger partial charge on any atom is -0.367 e. The molecule has 0 amide bonds. The van der Waals surface area contributed by atoms with Crippen molar-refractivity contribution < 1.29 is 0 Å². The van der Waals surface area contributed by atoms with Gasteiger partial charge in [0.25, 0.3) is 5.56 Å². The molecule has 0 unspecified atom stereocenters. The Morgan fingerprint density at radius 3 is 2.79 bits per heavy atom. The summed E-state index contributed by atoms with van der Waals surface area (Å²) in [6.45, 7) is 0. The summed E-state index contributed by atoms with van der Waals surface area (Å²) in [6.07, 6.45) is 10.5. The molecule has 3 heterocycles. The van der Waals surface area contributed by atoms with Crippen molar-refractivity contribution in [2.24, 2.45) is 0 Å². The molecule has 0 bridgehead atoms. The van der Waals surface area contributed by atoms with Crippen LogP contribution in [0.25, 0.3) is 10.9 Å². The summed E-state index contributed by atoms with van der Waals surface area (Å²) in [4.78, 5) is 24.6. The normalized spacial score (nSPS) is 20.8. The molecule has 1 saturated carbocycles. The molecule has 1 N–H and O–H groups in total. The van der Waals surface area contributed by atoms with Crippen LogP contribution in [0.15, 0.2) is 47.9 Å². The molecular weight excluding hydrogens is 304 g/mol. The first-order valence-electron chi connectivity index (χ1n) is 8.16. The molecule has 0 saturated heterocycles. The van der Waals surface area contributed by atoms with Gasteiger partial charge < -0.3 is 5.32 Å². The van der Waals surface area contributed by atoms with Crippen molar-refractivity contribution in [3.05, 3.63) is 53.5 Å². The number of anilines is 1. The molecule has 0 atom stereocenters. The van der Waals surface area contributed by atoms with Crippen LogP contribution in [0, 0.1) is 0 Å². The first kappa shape index (κ1) is 14.7. The zero-order valence-corrected chi connectivity index (χ0v) is 13.2. The maximum atomic E-state index is 11.9. The van der Waals surface area contributed by atoms with Gasteiger partial charge in [-0.2, -0.15) is 5.10 Å². The van der Waals surface area contributed by atoms with Gasteiger partial charge in [0.2, 0.25) is 0 Å². The van der Waals surface area contributed by atoms with Gasteiger partial charge in [0.1, 0.15) is 12.1 Å². The summed E-state index contributed by atoms with van der Waals surface area (Å²) in [5.74, 6) is 0.848. The fourth-order valence-corrected chi connectivity index (χ4v) is 3.32. The van der Waals surface area contributed by atoms with E-state index in [-0.39, 0.29) is 11.6 Å². The molecule has 3 aromatic rings. The zero-order chi connectivity index (χ0) is 16.4. The van der Waals surface area contributed by atoms with E-state index in [0.29, 0.717) is 6.04 Å². The van der Waals surface area contributed by atoms with E-state index in [1.165, 1.54) is 0 Å². The van der Waals surface area contributed by atoms with Crippen LogP contribution >= 0.6 is 0 Å². The quantitative estimate of drug-likeness (QED) is 0.795. The fourth-order valence-electron chi connectivity index (χ4n) is 3.32.